The Bertz CT molecular complexity index is 715. The summed E-state index contributed by atoms with van der Waals surface area (Å²) < 4.78 is 5.13. The number of anilines is 1. The molecule has 1 aromatic heterocycles. The van der Waals surface area contributed by atoms with Gasteiger partial charge in [0.2, 0.25) is 0 Å². The molecule has 0 bridgehead atoms. The summed E-state index contributed by atoms with van der Waals surface area (Å²) >= 11 is 6.27. The fourth-order valence-corrected chi connectivity index (χ4v) is 3.49. The van der Waals surface area contributed by atoms with Crippen molar-refractivity contribution in [1.29, 1.82) is 0 Å². The van der Waals surface area contributed by atoms with Crippen LogP contribution in [0.3, 0.4) is 0 Å². The number of benzene rings is 1. The van der Waals surface area contributed by atoms with Crippen LogP contribution in [0.4, 0.5) is 5.82 Å². The van der Waals surface area contributed by atoms with Crippen LogP contribution in [0, 0.1) is 6.92 Å². The number of piperidine rings is 1. The van der Waals surface area contributed by atoms with Gasteiger partial charge in [0.05, 0.1) is 5.60 Å². The smallest absolute Gasteiger partial charge is 0.156 e. The van der Waals surface area contributed by atoms with E-state index in [0.29, 0.717) is 43.4 Å². The summed E-state index contributed by atoms with van der Waals surface area (Å²) in [4.78, 5) is 11.1. The predicted molar refractivity (Wildman–Crippen MR) is 94.3 cm³/mol. The molecular formula is C18H22ClN3O2. The van der Waals surface area contributed by atoms with E-state index in [2.05, 4.69) is 14.9 Å². The third-order valence-corrected chi connectivity index (χ3v) is 4.78. The number of hydrogen-bond donors (Lipinski definition) is 1. The Hall–Kier alpha value is -1.69. The zero-order valence-corrected chi connectivity index (χ0v) is 14.8. The number of aryl methyl sites for hydroxylation is 1. The molecular weight excluding hydrogens is 326 g/mol. The van der Waals surface area contributed by atoms with E-state index in [9.17, 15) is 5.11 Å². The third-order valence-electron chi connectivity index (χ3n) is 4.45. The summed E-state index contributed by atoms with van der Waals surface area (Å²) in [6, 6.07) is 9.50. The van der Waals surface area contributed by atoms with Crippen molar-refractivity contribution in [2.45, 2.75) is 32.0 Å². The summed E-state index contributed by atoms with van der Waals surface area (Å²) in [5.41, 5.74) is 0.843. The van der Waals surface area contributed by atoms with E-state index in [-0.39, 0.29) is 0 Å². The van der Waals surface area contributed by atoms with Crippen molar-refractivity contribution in [2.75, 3.05) is 25.1 Å². The minimum Gasteiger partial charge on any atom is -0.385 e. The molecule has 2 aromatic rings. The van der Waals surface area contributed by atoms with Crippen LogP contribution >= 0.6 is 11.6 Å². The molecule has 1 aromatic carbocycles. The standard InChI is InChI=1S/C18H22ClN3O2/c1-13-11-17(21-16(20-13)12-24-2)22-9-7-18(23,8-10-22)14-5-3-4-6-15(14)19/h3-6,11,23H,7-10,12H2,1-2H3. The number of rotatable bonds is 4. The fourth-order valence-electron chi connectivity index (χ4n) is 3.18. The highest BCUT2D eigenvalue weighted by atomic mass is 35.5. The van der Waals surface area contributed by atoms with Crippen molar-refractivity contribution < 1.29 is 9.84 Å². The van der Waals surface area contributed by atoms with Crippen LogP contribution in [0.25, 0.3) is 0 Å². The normalized spacial score (nSPS) is 17.1. The van der Waals surface area contributed by atoms with Gasteiger partial charge in [0, 0.05) is 42.5 Å². The SMILES string of the molecule is COCc1nc(C)cc(N2CCC(O)(c3ccccc3Cl)CC2)n1. The van der Waals surface area contributed by atoms with E-state index in [1.54, 1.807) is 7.11 Å². The van der Waals surface area contributed by atoms with Crippen LogP contribution in [-0.4, -0.2) is 35.3 Å². The summed E-state index contributed by atoms with van der Waals surface area (Å²) in [5, 5.41) is 11.6. The lowest BCUT2D eigenvalue weighted by Crippen LogP contribution is -2.43. The van der Waals surface area contributed by atoms with Gasteiger partial charge in [0.25, 0.3) is 0 Å². The molecule has 0 amide bonds. The molecule has 0 saturated carbocycles. The maximum absolute atomic E-state index is 11.0. The predicted octanol–water partition coefficient (Wildman–Crippen LogP) is 3.07. The van der Waals surface area contributed by atoms with Gasteiger partial charge >= 0.3 is 0 Å². The lowest BCUT2D eigenvalue weighted by atomic mass is 9.84. The number of aromatic nitrogens is 2. The van der Waals surface area contributed by atoms with Crippen molar-refractivity contribution in [3.05, 3.63) is 52.4 Å². The first kappa shape index (κ1) is 17.1. The van der Waals surface area contributed by atoms with Crippen molar-refractivity contribution in [3.8, 4) is 0 Å². The molecule has 0 radical (unpaired) electrons. The topological polar surface area (TPSA) is 58.5 Å². The quantitative estimate of drug-likeness (QED) is 0.921. The average molecular weight is 348 g/mol. The van der Waals surface area contributed by atoms with Gasteiger partial charge in [-0.1, -0.05) is 29.8 Å². The van der Waals surface area contributed by atoms with E-state index in [4.69, 9.17) is 16.3 Å². The largest absolute Gasteiger partial charge is 0.385 e. The number of halogens is 1. The molecule has 0 aliphatic carbocycles. The fraction of sp³-hybridized carbons (Fsp3) is 0.444. The highest BCUT2D eigenvalue weighted by molar-refractivity contribution is 6.31. The van der Waals surface area contributed by atoms with Gasteiger partial charge in [-0.2, -0.15) is 0 Å². The Balaban J connectivity index is 1.77. The van der Waals surface area contributed by atoms with E-state index >= 15 is 0 Å². The van der Waals surface area contributed by atoms with Gasteiger partial charge in [-0.15, -0.1) is 0 Å². The van der Waals surface area contributed by atoms with Crippen molar-refractivity contribution in [3.63, 3.8) is 0 Å². The van der Waals surface area contributed by atoms with E-state index in [1.807, 2.05) is 37.3 Å². The molecule has 128 valence electrons. The van der Waals surface area contributed by atoms with Crippen LogP contribution in [0.15, 0.2) is 30.3 Å². The second kappa shape index (κ2) is 7.05. The molecule has 1 fully saturated rings. The minimum atomic E-state index is -0.883. The second-order valence-electron chi connectivity index (χ2n) is 6.22. The second-order valence-corrected chi connectivity index (χ2v) is 6.62. The van der Waals surface area contributed by atoms with Crippen molar-refractivity contribution in [1.82, 2.24) is 9.97 Å². The first-order valence-electron chi connectivity index (χ1n) is 8.08. The Morgan fingerprint density at radius 3 is 2.62 bits per heavy atom. The molecule has 0 spiro atoms. The molecule has 6 heteroatoms. The van der Waals surface area contributed by atoms with Gasteiger partial charge in [-0.3, -0.25) is 0 Å². The molecule has 0 atom stereocenters. The van der Waals surface area contributed by atoms with E-state index in [0.717, 1.165) is 17.1 Å². The Kier molecular flexibility index (Phi) is 5.04. The van der Waals surface area contributed by atoms with Gasteiger partial charge in [0.15, 0.2) is 5.82 Å². The molecule has 1 aliphatic heterocycles. The highest BCUT2D eigenvalue weighted by Gasteiger charge is 2.35. The Morgan fingerprint density at radius 1 is 1.25 bits per heavy atom. The monoisotopic (exact) mass is 347 g/mol. The van der Waals surface area contributed by atoms with Crippen LogP contribution < -0.4 is 4.90 Å². The summed E-state index contributed by atoms with van der Waals surface area (Å²) in [6.07, 6.45) is 1.22. The Labute approximate surface area is 147 Å². The summed E-state index contributed by atoms with van der Waals surface area (Å²) in [7, 11) is 1.63. The lowest BCUT2D eigenvalue weighted by molar-refractivity contribution is 0.0117. The average Bonchev–Trinajstić information content (AvgIpc) is 2.55. The van der Waals surface area contributed by atoms with E-state index < -0.39 is 5.60 Å². The van der Waals surface area contributed by atoms with Gasteiger partial charge in [-0.05, 0) is 25.8 Å². The maximum Gasteiger partial charge on any atom is 0.156 e. The Morgan fingerprint density at radius 2 is 1.96 bits per heavy atom. The first-order valence-corrected chi connectivity index (χ1v) is 8.45. The van der Waals surface area contributed by atoms with Crippen LogP contribution in [0.5, 0.6) is 0 Å². The summed E-state index contributed by atoms with van der Waals surface area (Å²) in [5.74, 6) is 1.56. The summed E-state index contributed by atoms with van der Waals surface area (Å²) in [6.45, 7) is 3.77. The maximum atomic E-state index is 11.0. The number of aliphatic hydroxyl groups is 1. The molecule has 3 rings (SSSR count). The number of ether oxygens (including phenoxy) is 1. The molecule has 1 saturated heterocycles. The van der Waals surface area contributed by atoms with Crippen LogP contribution in [0.1, 0.15) is 29.9 Å². The molecule has 2 heterocycles. The van der Waals surface area contributed by atoms with Gasteiger partial charge in [-0.25, -0.2) is 9.97 Å². The molecule has 0 unspecified atom stereocenters. The number of nitrogens with zero attached hydrogens (tertiary/aromatic N) is 3. The molecule has 1 aliphatic rings. The first-order chi connectivity index (χ1) is 11.5. The molecule has 1 N–H and O–H groups in total. The van der Waals surface area contributed by atoms with Gasteiger partial charge < -0.3 is 14.7 Å². The third kappa shape index (κ3) is 3.53. The molecule has 5 nitrogen and oxygen atoms in total. The number of methoxy groups -OCH3 is 1. The zero-order valence-electron chi connectivity index (χ0n) is 14.0. The lowest BCUT2D eigenvalue weighted by Gasteiger charge is -2.39. The van der Waals surface area contributed by atoms with Crippen LogP contribution in [-0.2, 0) is 16.9 Å². The highest BCUT2D eigenvalue weighted by Crippen LogP contribution is 2.37. The van der Waals surface area contributed by atoms with Gasteiger partial charge in [0.1, 0.15) is 12.4 Å². The zero-order chi connectivity index (χ0) is 17.2. The minimum absolute atomic E-state index is 0.395. The number of hydrogen-bond acceptors (Lipinski definition) is 5. The van der Waals surface area contributed by atoms with Crippen molar-refractivity contribution in [2.24, 2.45) is 0 Å². The molecule has 24 heavy (non-hydrogen) atoms. The van der Waals surface area contributed by atoms with E-state index in [1.165, 1.54) is 0 Å². The van der Waals surface area contributed by atoms with Crippen molar-refractivity contribution >= 4 is 17.4 Å². The van der Waals surface area contributed by atoms with Crippen LogP contribution in [0.2, 0.25) is 5.02 Å².